The van der Waals surface area contributed by atoms with E-state index in [1.54, 1.807) is 9.25 Å². The molecule has 4 rings (SSSR count). The fraction of sp³-hybridized carbons (Fsp3) is 0.190. The Morgan fingerprint density at radius 2 is 1.93 bits per heavy atom. The monoisotopic (exact) mass is 404 g/mol. The number of nitrogens with zero attached hydrogens (tertiary/aromatic N) is 4. The molecule has 9 nitrogen and oxygen atoms in total. The summed E-state index contributed by atoms with van der Waals surface area (Å²) in [6, 6.07) is 10.7. The van der Waals surface area contributed by atoms with E-state index in [0.717, 1.165) is 11.1 Å². The van der Waals surface area contributed by atoms with Gasteiger partial charge < -0.3 is 10.3 Å². The van der Waals surface area contributed by atoms with Crippen molar-refractivity contribution in [2.45, 2.75) is 20.0 Å². The first kappa shape index (κ1) is 19.3. The summed E-state index contributed by atoms with van der Waals surface area (Å²) in [6.07, 6.45) is 4.38. The minimum absolute atomic E-state index is 0.163. The van der Waals surface area contributed by atoms with Gasteiger partial charge in [-0.15, -0.1) is 0 Å². The van der Waals surface area contributed by atoms with Crippen LogP contribution in [-0.4, -0.2) is 36.8 Å². The number of benzene rings is 1. The summed E-state index contributed by atoms with van der Waals surface area (Å²) in [5.74, 6) is -0.309. The van der Waals surface area contributed by atoms with E-state index < -0.39 is 0 Å². The van der Waals surface area contributed by atoms with Crippen molar-refractivity contribution in [1.29, 1.82) is 0 Å². The zero-order chi connectivity index (χ0) is 21.1. The molecule has 3 aromatic heterocycles. The summed E-state index contributed by atoms with van der Waals surface area (Å²) in [7, 11) is 0. The van der Waals surface area contributed by atoms with E-state index >= 15 is 0 Å². The third-order valence-corrected chi connectivity index (χ3v) is 4.75. The van der Waals surface area contributed by atoms with Crippen LogP contribution in [0.5, 0.6) is 0 Å². The fourth-order valence-corrected chi connectivity index (χ4v) is 3.09. The highest BCUT2D eigenvalue weighted by molar-refractivity contribution is 5.93. The Balaban J connectivity index is 1.45. The van der Waals surface area contributed by atoms with E-state index in [2.05, 4.69) is 20.4 Å². The van der Waals surface area contributed by atoms with Crippen molar-refractivity contribution >= 4 is 16.9 Å². The van der Waals surface area contributed by atoms with Crippen LogP contribution < -0.4 is 16.4 Å². The van der Waals surface area contributed by atoms with Crippen LogP contribution in [0.25, 0.3) is 11.0 Å². The highest BCUT2D eigenvalue weighted by atomic mass is 16.2. The van der Waals surface area contributed by atoms with Crippen LogP contribution in [0.1, 0.15) is 21.5 Å². The van der Waals surface area contributed by atoms with E-state index in [1.165, 1.54) is 30.9 Å². The Morgan fingerprint density at radius 1 is 1.13 bits per heavy atom. The van der Waals surface area contributed by atoms with Gasteiger partial charge in [0, 0.05) is 18.8 Å². The molecule has 3 heterocycles. The van der Waals surface area contributed by atoms with Crippen LogP contribution in [0, 0.1) is 6.92 Å². The molecule has 1 amide bonds. The zero-order valence-corrected chi connectivity index (χ0v) is 16.3. The average Bonchev–Trinajstić information content (AvgIpc) is 3.16. The van der Waals surface area contributed by atoms with Crippen molar-refractivity contribution in [3.63, 3.8) is 0 Å². The number of aromatic amines is 1. The lowest BCUT2D eigenvalue weighted by Gasteiger charge is -2.08. The molecule has 0 saturated carbocycles. The molecule has 0 aliphatic rings. The first-order chi connectivity index (χ1) is 14.5. The summed E-state index contributed by atoms with van der Waals surface area (Å²) in [5.41, 5.74) is 2.57. The second-order valence-electron chi connectivity index (χ2n) is 6.97. The molecule has 0 aliphatic heterocycles. The number of amides is 1. The topological polar surface area (TPSA) is 115 Å². The molecule has 0 spiro atoms. The van der Waals surface area contributed by atoms with Gasteiger partial charge in [0.2, 0.25) is 5.56 Å². The number of hydrogen-bond donors (Lipinski definition) is 2. The minimum Gasteiger partial charge on any atom is -0.350 e. The molecule has 0 radical (unpaired) electrons. The molecule has 2 N–H and O–H groups in total. The van der Waals surface area contributed by atoms with Crippen molar-refractivity contribution in [1.82, 2.24) is 29.6 Å². The second kappa shape index (κ2) is 8.16. The lowest BCUT2D eigenvalue weighted by molar-refractivity contribution is 0.0951. The normalized spacial score (nSPS) is 11.0. The Bertz CT molecular complexity index is 1300. The van der Waals surface area contributed by atoms with Gasteiger partial charge in [-0.05, 0) is 18.6 Å². The third kappa shape index (κ3) is 4.04. The Kier molecular flexibility index (Phi) is 5.25. The summed E-state index contributed by atoms with van der Waals surface area (Å²) < 4.78 is 3.14. The highest BCUT2D eigenvalue weighted by Crippen LogP contribution is 2.08. The van der Waals surface area contributed by atoms with Crippen molar-refractivity contribution in [2.75, 3.05) is 6.54 Å². The molecular weight excluding hydrogens is 384 g/mol. The second-order valence-corrected chi connectivity index (χ2v) is 6.97. The quantitative estimate of drug-likeness (QED) is 0.499. The van der Waals surface area contributed by atoms with Crippen molar-refractivity contribution in [3.8, 4) is 0 Å². The van der Waals surface area contributed by atoms with Gasteiger partial charge in [0.15, 0.2) is 5.65 Å². The highest BCUT2D eigenvalue weighted by Gasteiger charge is 2.11. The lowest BCUT2D eigenvalue weighted by atomic mass is 10.1. The first-order valence-electron chi connectivity index (χ1n) is 9.45. The molecule has 9 heteroatoms. The number of aromatic nitrogens is 5. The number of rotatable bonds is 6. The standard InChI is InChI=1S/C21H20N6O3/c1-14-2-4-15(5-3-14)12-26-13-24-19-17(21(26)30)11-25-27(19)9-8-22-20(29)16-6-7-18(28)23-10-16/h2-7,10-11,13H,8-9,12H2,1H3,(H,22,29)(H,23,28). The Labute approximate surface area is 171 Å². The zero-order valence-electron chi connectivity index (χ0n) is 16.3. The number of carbonyl (C=O) groups excluding carboxylic acids is 1. The van der Waals surface area contributed by atoms with Crippen LogP contribution in [0.3, 0.4) is 0 Å². The molecule has 0 aliphatic carbocycles. The van der Waals surface area contributed by atoms with E-state index in [9.17, 15) is 14.4 Å². The maximum absolute atomic E-state index is 12.8. The molecule has 0 saturated heterocycles. The number of nitrogens with one attached hydrogen (secondary N) is 2. The van der Waals surface area contributed by atoms with Crippen LogP contribution in [0.4, 0.5) is 0 Å². The van der Waals surface area contributed by atoms with Gasteiger partial charge in [0.25, 0.3) is 11.5 Å². The predicted molar refractivity (Wildman–Crippen MR) is 111 cm³/mol. The SMILES string of the molecule is Cc1ccc(Cn2cnc3c(cnn3CCNC(=O)c3ccc(=O)[nH]c3)c2=O)cc1. The molecule has 1 aromatic carbocycles. The maximum Gasteiger partial charge on any atom is 0.264 e. The predicted octanol–water partition coefficient (Wildman–Crippen LogP) is 1.07. The van der Waals surface area contributed by atoms with Crippen LogP contribution in [0.2, 0.25) is 0 Å². The molecule has 0 atom stereocenters. The Morgan fingerprint density at radius 3 is 2.67 bits per heavy atom. The van der Waals surface area contributed by atoms with Crippen LogP contribution >= 0.6 is 0 Å². The number of carbonyl (C=O) groups is 1. The summed E-state index contributed by atoms with van der Waals surface area (Å²) in [6.45, 7) is 3.10. The van der Waals surface area contributed by atoms with E-state index in [1.807, 2.05) is 31.2 Å². The molecule has 4 aromatic rings. The fourth-order valence-electron chi connectivity index (χ4n) is 3.09. The molecule has 0 fully saturated rings. The van der Waals surface area contributed by atoms with Gasteiger partial charge in [-0.2, -0.15) is 5.10 Å². The first-order valence-corrected chi connectivity index (χ1v) is 9.45. The summed E-state index contributed by atoms with van der Waals surface area (Å²) >= 11 is 0. The average molecular weight is 404 g/mol. The van der Waals surface area contributed by atoms with Crippen molar-refractivity contribution < 1.29 is 4.79 Å². The third-order valence-electron chi connectivity index (χ3n) is 4.75. The molecule has 30 heavy (non-hydrogen) atoms. The van der Waals surface area contributed by atoms with Gasteiger partial charge in [0.1, 0.15) is 11.7 Å². The van der Waals surface area contributed by atoms with E-state index in [-0.39, 0.29) is 17.0 Å². The van der Waals surface area contributed by atoms with Crippen LogP contribution in [0.15, 0.2) is 64.7 Å². The van der Waals surface area contributed by atoms with Gasteiger partial charge in [-0.25, -0.2) is 9.67 Å². The molecular formula is C21H20N6O3. The smallest absolute Gasteiger partial charge is 0.264 e. The Hall–Kier alpha value is -4.01. The van der Waals surface area contributed by atoms with Gasteiger partial charge in [-0.1, -0.05) is 29.8 Å². The number of H-pyrrole nitrogens is 1. The van der Waals surface area contributed by atoms with Crippen LogP contribution in [-0.2, 0) is 13.1 Å². The summed E-state index contributed by atoms with van der Waals surface area (Å²) in [4.78, 5) is 42.8. The molecule has 0 unspecified atom stereocenters. The number of hydrogen-bond acceptors (Lipinski definition) is 5. The molecule has 0 bridgehead atoms. The van der Waals surface area contributed by atoms with E-state index in [0.29, 0.717) is 36.2 Å². The number of pyridine rings is 1. The van der Waals surface area contributed by atoms with Gasteiger partial charge >= 0.3 is 0 Å². The van der Waals surface area contributed by atoms with Crippen molar-refractivity contribution in [3.05, 3.63) is 92.5 Å². The maximum atomic E-state index is 12.8. The summed E-state index contributed by atoms with van der Waals surface area (Å²) in [5, 5.41) is 7.42. The minimum atomic E-state index is -0.309. The van der Waals surface area contributed by atoms with Crippen molar-refractivity contribution in [2.24, 2.45) is 0 Å². The van der Waals surface area contributed by atoms with Gasteiger partial charge in [0.05, 0.1) is 24.8 Å². The lowest BCUT2D eigenvalue weighted by Crippen LogP contribution is -2.28. The molecule has 152 valence electrons. The number of aryl methyl sites for hydroxylation is 1. The van der Waals surface area contributed by atoms with E-state index in [4.69, 9.17) is 0 Å². The van der Waals surface area contributed by atoms with Gasteiger partial charge in [-0.3, -0.25) is 19.0 Å². The largest absolute Gasteiger partial charge is 0.350 e. The number of fused-ring (bicyclic) bond motifs is 1.